The highest BCUT2D eigenvalue weighted by Gasteiger charge is 2.61. The van der Waals surface area contributed by atoms with Gasteiger partial charge in [0.05, 0.1) is 12.2 Å². The van der Waals surface area contributed by atoms with Crippen molar-refractivity contribution in [1.29, 1.82) is 0 Å². The summed E-state index contributed by atoms with van der Waals surface area (Å²) in [4.78, 5) is 0. The van der Waals surface area contributed by atoms with Crippen LogP contribution in [0.25, 0.3) is 0 Å². The summed E-state index contributed by atoms with van der Waals surface area (Å²) in [6.07, 6.45) is 39.2. The van der Waals surface area contributed by atoms with Gasteiger partial charge in [-0.1, -0.05) is 239 Å². The molecule has 6 fully saturated rings. The molecule has 0 heterocycles. The molecule has 2 aromatic carbocycles. The lowest BCUT2D eigenvalue weighted by Crippen LogP contribution is -2.51. The van der Waals surface area contributed by atoms with Gasteiger partial charge in [-0.2, -0.15) is 0 Å². The van der Waals surface area contributed by atoms with E-state index in [9.17, 15) is 0 Å². The fraction of sp³-hybridized carbons (Fsp3) is 0.792. The molecule has 0 saturated heterocycles. The third-order valence-electron chi connectivity index (χ3n) is 25.4. The van der Waals surface area contributed by atoms with Crippen LogP contribution in [0.3, 0.4) is 0 Å². The van der Waals surface area contributed by atoms with Gasteiger partial charge in [0.1, 0.15) is 0 Å². The maximum Gasteiger partial charge on any atom is 0.0612 e. The third kappa shape index (κ3) is 14.5. The number of rotatable bonds is 21. The first-order valence-corrected chi connectivity index (χ1v) is 36.9. The molecule has 0 bridgehead atoms. The zero-order valence-corrected chi connectivity index (χ0v) is 55.5. The molecule has 6 saturated carbocycles. The Morgan fingerprint density at radius 2 is 0.866 bits per heavy atom. The fourth-order valence-corrected chi connectivity index (χ4v) is 24.7. The van der Waals surface area contributed by atoms with Crippen LogP contribution in [0.4, 0.5) is 0 Å². The van der Waals surface area contributed by atoms with Gasteiger partial charge in [0.2, 0.25) is 0 Å². The largest absolute Gasteiger partial charge is 0.378 e. The van der Waals surface area contributed by atoms with E-state index in [4.69, 9.17) is 21.3 Å². The SMILES string of the molecule is C.C.CC(C)CCC[C@@H](C)[C@H]1CC[C@H]2[C@@H]3CC=C4C[C@@H](OCCC(C)C)CC[C@]4(C)[C@H]3CC[C@]12C.CC(C)CCC[C@@H](C)[C@H]1CC[C@H]2[C@@H]3CC=C4C[C@@H](OCCC(C)P(=S)(c5ccccc5)c5ccccc5)CC[C@]4(C)[C@H]3CC[C@]12C.[B]. The molecule has 10 rings (SSSR count). The topological polar surface area (TPSA) is 18.5 Å². The Labute approximate surface area is 515 Å². The summed E-state index contributed by atoms with van der Waals surface area (Å²) in [6, 6.07) is 19.9. The second kappa shape index (κ2) is 29.7. The molecule has 0 aromatic heterocycles. The van der Waals surface area contributed by atoms with Crippen LogP contribution < -0.4 is 10.6 Å². The van der Waals surface area contributed by atoms with E-state index >= 15 is 0 Å². The van der Waals surface area contributed by atoms with Gasteiger partial charge in [0.15, 0.2) is 0 Å². The summed E-state index contributed by atoms with van der Waals surface area (Å²) in [6.45, 7) is 34.3. The van der Waals surface area contributed by atoms with Crippen LogP contribution in [0.15, 0.2) is 84.0 Å². The first kappa shape index (κ1) is 69.7. The van der Waals surface area contributed by atoms with Gasteiger partial charge >= 0.3 is 0 Å². The minimum atomic E-state index is -1.93. The van der Waals surface area contributed by atoms with E-state index in [0.717, 1.165) is 103 Å². The predicted molar refractivity (Wildman–Crippen MR) is 365 cm³/mol. The Morgan fingerprint density at radius 1 is 0.476 bits per heavy atom. The highest BCUT2D eigenvalue weighted by molar-refractivity contribution is 8.22. The van der Waals surface area contributed by atoms with Gasteiger partial charge < -0.3 is 9.47 Å². The van der Waals surface area contributed by atoms with Crippen molar-refractivity contribution in [3.05, 3.63) is 84.0 Å². The Balaban J connectivity index is 0.000000267. The molecule has 0 N–H and O–H groups in total. The van der Waals surface area contributed by atoms with E-state index in [-0.39, 0.29) is 23.3 Å². The Hall–Kier alpha value is -1.45. The highest BCUT2D eigenvalue weighted by atomic mass is 32.4. The third-order valence-corrected chi connectivity index (χ3v) is 31.3. The van der Waals surface area contributed by atoms with Gasteiger partial charge in [0.25, 0.3) is 0 Å². The first-order valence-electron chi connectivity index (χ1n) is 34.0. The van der Waals surface area contributed by atoms with Crippen LogP contribution >= 0.6 is 6.04 Å². The fourth-order valence-electron chi connectivity index (χ4n) is 20.6. The van der Waals surface area contributed by atoms with Gasteiger partial charge in [-0.05, 0) is 230 Å². The van der Waals surface area contributed by atoms with Crippen LogP contribution in [0.5, 0.6) is 0 Å². The van der Waals surface area contributed by atoms with E-state index in [2.05, 4.69) is 163 Å². The number of hydrogen-bond donors (Lipinski definition) is 0. The second-order valence-corrected chi connectivity index (χ2v) is 36.2. The van der Waals surface area contributed by atoms with Crippen LogP contribution in [0, 0.1) is 98.6 Å². The molecule has 1 unspecified atom stereocenters. The number of benzene rings is 2. The summed E-state index contributed by atoms with van der Waals surface area (Å²) in [7, 11) is 0. The van der Waals surface area contributed by atoms with Crippen LogP contribution in [-0.4, -0.2) is 39.5 Å². The normalized spacial score (nSPS) is 35.7. The minimum absolute atomic E-state index is 0. The lowest BCUT2D eigenvalue weighted by Gasteiger charge is -2.58. The number of hydrogen-bond acceptors (Lipinski definition) is 3. The predicted octanol–water partition coefficient (Wildman–Crippen LogP) is 21.7. The second-order valence-electron chi connectivity index (χ2n) is 31.2. The molecule has 0 amide bonds. The van der Waals surface area contributed by atoms with Crippen molar-refractivity contribution in [3.63, 3.8) is 0 Å². The van der Waals surface area contributed by atoms with Crippen molar-refractivity contribution in [2.45, 2.75) is 277 Å². The molecule has 461 valence electrons. The van der Waals surface area contributed by atoms with E-state index in [0.29, 0.717) is 39.5 Å². The Morgan fingerprint density at radius 3 is 1.26 bits per heavy atom. The van der Waals surface area contributed by atoms with Gasteiger partial charge in [-0.3, -0.25) is 0 Å². The van der Waals surface area contributed by atoms with Crippen molar-refractivity contribution < 1.29 is 9.47 Å². The van der Waals surface area contributed by atoms with E-state index in [1.54, 1.807) is 11.1 Å². The zero-order chi connectivity index (χ0) is 56.3. The molecule has 2 aromatic rings. The van der Waals surface area contributed by atoms with Crippen molar-refractivity contribution in [2.24, 2.45) is 98.6 Å². The summed E-state index contributed by atoms with van der Waals surface area (Å²) < 4.78 is 13.1. The first-order chi connectivity index (χ1) is 37.7. The molecular formula is C77H127BO2PS. The Kier molecular flexibility index (Phi) is 25.2. The van der Waals surface area contributed by atoms with E-state index in [1.165, 1.54) is 152 Å². The van der Waals surface area contributed by atoms with Crippen molar-refractivity contribution >= 4 is 36.9 Å². The molecule has 3 radical (unpaired) electrons. The molecule has 82 heavy (non-hydrogen) atoms. The van der Waals surface area contributed by atoms with Crippen LogP contribution in [0.1, 0.15) is 259 Å². The van der Waals surface area contributed by atoms with Crippen LogP contribution in [-0.2, 0) is 21.3 Å². The molecule has 0 spiro atoms. The van der Waals surface area contributed by atoms with Crippen molar-refractivity contribution in [3.8, 4) is 0 Å². The number of allylic oxidation sites excluding steroid dienone is 2. The van der Waals surface area contributed by atoms with Crippen molar-refractivity contribution in [1.82, 2.24) is 0 Å². The highest BCUT2D eigenvalue weighted by Crippen LogP contribution is 2.69. The van der Waals surface area contributed by atoms with Gasteiger partial charge in [-0.15, -0.1) is 0 Å². The quantitative estimate of drug-likeness (QED) is 0.0705. The minimum Gasteiger partial charge on any atom is -0.378 e. The zero-order valence-electron chi connectivity index (χ0n) is 53.8. The summed E-state index contributed by atoms with van der Waals surface area (Å²) in [5, 5.41) is 2.66. The summed E-state index contributed by atoms with van der Waals surface area (Å²) >= 11 is 6.61. The molecule has 17 atom stereocenters. The molecular weight excluding hydrogens is 1030 g/mol. The summed E-state index contributed by atoms with van der Waals surface area (Å²) in [5.74, 6) is 11.7. The monoisotopic (exact) mass is 1160 g/mol. The molecule has 2 nitrogen and oxygen atoms in total. The molecule has 5 heteroatoms. The summed E-state index contributed by atoms with van der Waals surface area (Å²) in [5.41, 5.74) is 5.96. The molecule has 0 aliphatic heterocycles. The average molecular weight is 1160 g/mol. The van der Waals surface area contributed by atoms with Gasteiger partial charge in [0, 0.05) is 27.7 Å². The molecule has 8 aliphatic rings. The smallest absolute Gasteiger partial charge is 0.0612 e. The number of fused-ring (bicyclic) bond motifs is 10. The maximum atomic E-state index is 6.75. The lowest BCUT2D eigenvalue weighted by molar-refractivity contribution is -0.0644. The van der Waals surface area contributed by atoms with Crippen LogP contribution in [0.2, 0.25) is 0 Å². The van der Waals surface area contributed by atoms with E-state index in [1.807, 2.05) is 0 Å². The standard InChI is InChI=1S/C43H63OPS.C32H56O.2CH4.B/c1-31(2)14-13-15-32(3)39-22-23-40-38-21-20-34-30-35(24-27-42(34,5)41(38)25-28-43(39,40)6)44-29-26-33(4)45(46,36-16-9-7-10-17-36)37-18-11-8-12-19-37;1-22(2)9-8-10-24(5)28-13-14-29-27-12-11-25-21-26(33-20-17-23(3)4)15-18-31(25,6)30(27)16-19-32(28,29)7;;;/h7-12,16-20,31-33,35,38-41H,13-15,21-30H2,1-6H3;11,22-24,26-30H,8-10,12-21H2,1-7H3;2*1H4;/t32-,33?,35+,38+,39-,40+,41+,42+,43-;24-,26+,27+,28-,29+,30+,31+,32-;;;/m11.../s1. The van der Waals surface area contributed by atoms with Crippen molar-refractivity contribution in [2.75, 3.05) is 13.2 Å². The number of ether oxygens (including phenoxy) is 2. The lowest BCUT2D eigenvalue weighted by atomic mass is 9.47. The van der Waals surface area contributed by atoms with Gasteiger partial charge in [-0.25, -0.2) is 0 Å². The maximum absolute atomic E-state index is 6.75. The average Bonchev–Trinajstić information content (AvgIpc) is 1.62. The molecule has 8 aliphatic carbocycles. The van der Waals surface area contributed by atoms with E-state index < -0.39 is 6.04 Å². The Bertz CT molecular complexity index is 2320.